The van der Waals surface area contributed by atoms with Crippen LogP contribution in [0.2, 0.25) is 12.6 Å². The standard InChI is InChI=1S/C37H33B/c1-35(2)22-38(23-36(35,3)4)33-21-20-27-26-14-7-10-18-31(26)37(32-19-11-15-28(33)34(27)32)29-16-8-5-12-24(29)25-13-6-9-17-30(25)37/h5-21H,22-23H2,1-4H3. The SMILES string of the molecule is CC1(C)CB(c2ccc3c4c(cccc24)C2(c4ccccc4-c4ccccc42)c2ccccc2-3)CC1(C)C. The van der Waals surface area contributed by atoms with Crippen LogP contribution in [-0.2, 0) is 5.41 Å². The number of fused-ring (bicyclic) bond motifs is 9. The molecule has 1 saturated heterocycles. The first-order chi connectivity index (χ1) is 18.3. The molecule has 5 aromatic rings. The molecule has 38 heavy (non-hydrogen) atoms. The van der Waals surface area contributed by atoms with Gasteiger partial charge in [0.15, 0.2) is 6.71 Å². The van der Waals surface area contributed by atoms with Crippen molar-refractivity contribution in [3.63, 3.8) is 0 Å². The van der Waals surface area contributed by atoms with Crippen LogP contribution >= 0.6 is 0 Å². The van der Waals surface area contributed by atoms with Gasteiger partial charge in [-0.15, -0.1) is 0 Å². The fraction of sp³-hybridized carbons (Fsp3) is 0.243. The van der Waals surface area contributed by atoms with Crippen LogP contribution in [0.4, 0.5) is 0 Å². The summed E-state index contributed by atoms with van der Waals surface area (Å²) in [6.45, 7) is 10.5. The van der Waals surface area contributed by atoms with Crippen molar-refractivity contribution < 1.29 is 0 Å². The Hall–Kier alpha value is -3.58. The van der Waals surface area contributed by atoms with Crippen molar-refractivity contribution in [2.45, 2.75) is 45.8 Å². The van der Waals surface area contributed by atoms with Crippen LogP contribution in [0.3, 0.4) is 0 Å². The summed E-state index contributed by atoms with van der Waals surface area (Å²) < 4.78 is 0. The van der Waals surface area contributed by atoms with Crippen molar-refractivity contribution in [1.29, 1.82) is 0 Å². The van der Waals surface area contributed by atoms with Crippen molar-refractivity contribution in [2.75, 3.05) is 0 Å². The van der Waals surface area contributed by atoms with Crippen LogP contribution in [0, 0.1) is 10.8 Å². The molecule has 0 radical (unpaired) electrons. The van der Waals surface area contributed by atoms with E-state index in [-0.39, 0.29) is 5.41 Å². The molecule has 1 spiro atoms. The van der Waals surface area contributed by atoms with Crippen molar-refractivity contribution in [3.05, 3.63) is 125 Å². The highest BCUT2D eigenvalue weighted by Crippen LogP contribution is 2.61. The van der Waals surface area contributed by atoms with E-state index in [1.165, 1.54) is 67.9 Å². The third-order valence-electron chi connectivity index (χ3n) is 10.8. The molecule has 0 amide bonds. The molecule has 0 N–H and O–H groups in total. The van der Waals surface area contributed by atoms with Crippen LogP contribution in [0.25, 0.3) is 33.0 Å². The Morgan fingerprint density at radius 2 is 0.947 bits per heavy atom. The third kappa shape index (κ3) is 2.58. The number of rotatable bonds is 1. The van der Waals surface area contributed by atoms with Gasteiger partial charge in [-0.3, -0.25) is 0 Å². The molecule has 5 aromatic carbocycles. The maximum Gasteiger partial charge on any atom is 0.177 e. The zero-order chi connectivity index (χ0) is 25.9. The Morgan fingerprint density at radius 1 is 0.474 bits per heavy atom. The van der Waals surface area contributed by atoms with Gasteiger partial charge < -0.3 is 0 Å². The molecule has 0 atom stereocenters. The lowest BCUT2D eigenvalue weighted by Crippen LogP contribution is -2.34. The molecule has 1 heterocycles. The first-order valence-electron chi connectivity index (χ1n) is 14.2. The second kappa shape index (κ2) is 7.29. The molecule has 2 aliphatic carbocycles. The maximum atomic E-state index is 2.47. The topological polar surface area (TPSA) is 0 Å². The van der Waals surface area contributed by atoms with E-state index in [1.807, 2.05) is 0 Å². The van der Waals surface area contributed by atoms with E-state index < -0.39 is 0 Å². The fourth-order valence-electron chi connectivity index (χ4n) is 8.40. The van der Waals surface area contributed by atoms with Crippen LogP contribution in [0.15, 0.2) is 103 Å². The van der Waals surface area contributed by atoms with E-state index in [2.05, 4.69) is 131 Å². The molecule has 184 valence electrons. The lowest BCUT2D eigenvalue weighted by Gasteiger charge is -2.40. The normalized spacial score (nSPS) is 18.9. The van der Waals surface area contributed by atoms with E-state index in [4.69, 9.17) is 0 Å². The minimum Gasteiger partial charge on any atom is -0.0723 e. The van der Waals surface area contributed by atoms with Crippen LogP contribution in [0.5, 0.6) is 0 Å². The predicted molar refractivity (Wildman–Crippen MR) is 163 cm³/mol. The van der Waals surface area contributed by atoms with E-state index in [0.717, 1.165) is 0 Å². The Bertz CT molecular complexity index is 1730. The van der Waals surface area contributed by atoms with Gasteiger partial charge in [0.25, 0.3) is 0 Å². The molecule has 8 rings (SSSR count). The van der Waals surface area contributed by atoms with E-state index in [0.29, 0.717) is 17.5 Å². The van der Waals surface area contributed by atoms with Gasteiger partial charge >= 0.3 is 0 Å². The summed E-state index contributed by atoms with van der Waals surface area (Å²) in [5, 5.41) is 2.91. The van der Waals surface area contributed by atoms with Gasteiger partial charge in [0.05, 0.1) is 5.41 Å². The van der Waals surface area contributed by atoms with Gasteiger partial charge in [-0.25, -0.2) is 0 Å². The van der Waals surface area contributed by atoms with Gasteiger partial charge in [-0.2, -0.15) is 0 Å². The highest BCUT2D eigenvalue weighted by Gasteiger charge is 2.51. The van der Waals surface area contributed by atoms with E-state index in [9.17, 15) is 0 Å². The first-order valence-corrected chi connectivity index (χ1v) is 14.2. The average Bonchev–Trinajstić information content (AvgIpc) is 3.34. The molecular formula is C37H33B. The maximum absolute atomic E-state index is 2.47. The van der Waals surface area contributed by atoms with Gasteiger partial charge in [-0.1, -0.05) is 149 Å². The second-order valence-corrected chi connectivity index (χ2v) is 13.2. The Balaban J connectivity index is 1.51. The molecule has 0 nitrogen and oxygen atoms in total. The minimum absolute atomic E-state index is 0.302. The van der Waals surface area contributed by atoms with Crippen molar-refractivity contribution in [1.82, 2.24) is 0 Å². The van der Waals surface area contributed by atoms with E-state index >= 15 is 0 Å². The summed E-state index contributed by atoms with van der Waals surface area (Å²) in [6, 6.07) is 39.5. The number of hydrogen-bond acceptors (Lipinski definition) is 0. The third-order valence-corrected chi connectivity index (χ3v) is 10.8. The zero-order valence-corrected chi connectivity index (χ0v) is 22.8. The Morgan fingerprint density at radius 3 is 1.50 bits per heavy atom. The smallest absolute Gasteiger partial charge is 0.0723 e. The number of hydrogen-bond donors (Lipinski definition) is 0. The molecule has 1 heteroatoms. The quantitative estimate of drug-likeness (QED) is 0.202. The summed E-state index contributed by atoms with van der Waals surface area (Å²) in [6.07, 6.45) is 2.48. The van der Waals surface area contributed by atoms with Crippen molar-refractivity contribution in [2.24, 2.45) is 10.8 Å². The van der Waals surface area contributed by atoms with Crippen LogP contribution in [-0.4, -0.2) is 6.71 Å². The highest BCUT2D eigenvalue weighted by atomic mass is 14.5. The van der Waals surface area contributed by atoms with Gasteiger partial charge in [0.1, 0.15) is 0 Å². The van der Waals surface area contributed by atoms with Crippen LogP contribution < -0.4 is 5.46 Å². The summed E-state index contributed by atoms with van der Waals surface area (Å²) in [5.41, 5.74) is 13.1. The minimum atomic E-state index is -0.302. The Kier molecular flexibility index (Phi) is 4.30. The zero-order valence-electron chi connectivity index (χ0n) is 22.8. The largest absolute Gasteiger partial charge is 0.177 e. The molecule has 0 aromatic heterocycles. The molecule has 3 aliphatic rings. The van der Waals surface area contributed by atoms with Gasteiger partial charge in [0.2, 0.25) is 0 Å². The van der Waals surface area contributed by atoms with E-state index in [1.54, 1.807) is 5.46 Å². The van der Waals surface area contributed by atoms with Crippen LogP contribution in [0.1, 0.15) is 49.9 Å². The second-order valence-electron chi connectivity index (χ2n) is 13.2. The van der Waals surface area contributed by atoms with Gasteiger partial charge in [0, 0.05) is 0 Å². The number of benzene rings is 5. The monoisotopic (exact) mass is 488 g/mol. The molecule has 0 bridgehead atoms. The van der Waals surface area contributed by atoms with Crippen molar-refractivity contribution >= 4 is 22.9 Å². The lowest BCUT2D eigenvalue weighted by molar-refractivity contribution is 0.177. The summed E-state index contributed by atoms with van der Waals surface area (Å²) in [4.78, 5) is 0. The molecule has 1 aliphatic heterocycles. The van der Waals surface area contributed by atoms with Gasteiger partial charge in [-0.05, 0) is 66.1 Å². The predicted octanol–water partition coefficient (Wildman–Crippen LogP) is 8.95. The average molecular weight is 488 g/mol. The molecule has 0 saturated carbocycles. The fourth-order valence-corrected chi connectivity index (χ4v) is 8.40. The Labute approximate surface area is 226 Å². The first kappa shape index (κ1) is 22.4. The highest BCUT2D eigenvalue weighted by molar-refractivity contribution is 6.76. The summed E-state index contributed by atoms with van der Waals surface area (Å²) >= 11 is 0. The molecule has 1 fully saturated rings. The molecular weight excluding hydrogens is 455 g/mol. The van der Waals surface area contributed by atoms with Crippen molar-refractivity contribution in [3.8, 4) is 22.3 Å². The summed E-state index contributed by atoms with van der Waals surface area (Å²) in [5.74, 6) is 0. The lowest BCUT2D eigenvalue weighted by atomic mass is 9.41. The summed E-state index contributed by atoms with van der Waals surface area (Å²) in [7, 11) is 0. The molecule has 0 unspecified atom stereocenters.